The van der Waals surface area contributed by atoms with E-state index in [1.807, 2.05) is 0 Å². The third kappa shape index (κ3) is 1.55. The van der Waals surface area contributed by atoms with Crippen LogP contribution in [0.4, 0.5) is 0 Å². The highest BCUT2D eigenvalue weighted by Crippen LogP contribution is 2.45. The van der Waals surface area contributed by atoms with Crippen LogP contribution in [0.3, 0.4) is 0 Å². The first kappa shape index (κ1) is 8.24. The molecule has 1 aromatic rings. The zero-order valence-corrected chi connectivity index (χ0v) is 7.53. The maximum atomic E-state index is 8.61. The molecular weight excluding hydrogens is 166 g/mol. The third-order valence-electron chi connectivity index (χ3n) is 2.23. The number of hydrogen-bond acceptors (Lipinski definition) is 4. The second-order valence-corrected chi connectivity index (χ2v) is 3.38. The largest absolute Gasteiger partial charge is 0.339 e. The van der Waals surface area contributed by atoms with Crippen molar-refractivity contribution in [1.82, 2.24) is 10.1 Å². The summed E-state index contributed by atoms with van der Waals surface area (Å²) >= 11 is 0. The normalized spacial score (nSPS) is 25.5. The molecule has 1 fully saturated rings. The molecule has 13 heavy (non-hydrogen) atoms. The van der Waals surface area contributed by atoms with Gasteiger partial charge >= 0.3 is 0 Å². The van der Waals surface area contributed by atoms with Gasteiger partial charge in [0.05, 0.1) is 17.9 Å². The van der Waals surface area contributed by atoms with Gasteiger partial charge in [-0.1, -0.05) is 12.1 Å². The molecular formula is C9H11N3O. The molecule has 0 saturated heterocycles. The fourth-order valence-electron chi connectivity index (χ4n) is 1.35. The van der Waals surface area contributed by atoms with E-state index in [0.29, 0.717) is 5.89 Å². The van der Waals surface area contributed by atoms with Crippen LogP contribution in [-0.2, 0) is 6.42 Å². The van der Waals surface area contributed by atoms with Gasteiger partial charge in [0, 0.05) is 6.42 Å². The van der Waals surface area contributed by atoms with Crippen LogP contribution in [0.5, 0.6) is 0 Å². The van der Waals surface area contributed by atoms with E-state index in [1.54, 1.807) is 0 Å². The van der Waals surface area contributed by atoms with Crippen molar-refractivity contribution in [2.24, 2.45) is 5.92 Å². The van der Waals surface area contributed by atoms with Gasteiger partial charge in [0.1, 0.15) is 0 Å². The van der Waals surface area contributed by atoms with Gasteiger partial charge < -0.3 is 4.52 Å². The maximum Gasteiger partial charge on any atom is 0.231 e. The predicted molar refractivity (Wildman–Crippen MR) is 44.8 cm³/mol. The SMILES string of the molecule is CCCc1noc(C2CC2C#N)n1. The Labute approximate surface area is 76.6 Å². The van der Waals surface area contributed by atoms with Crippen molar-refractivity contribution >= 4 is 0 Å². The van der Waals surface area contributed by atoms with Gasteiger partial charge in [-0.05, 0) is 12.8 Å². The van der Waals surface area contributed by atoms with E-state index >= 15 is 0 Å². The summed E-state index contributed by atoms with van der Waals surface area (Å²) in [5.41, 5.74) is 0. The lowest BCUT2D eigenvalue weighted by Crippen LogP contribution is -1.86. The van der Waals surface area contributed by atoms with Crippen molar-refractivity contribution in [2.45, 2.75) is 32.1 Å². The van der Waals surface area contributed by atoms with E-state index in [4.69, 9.17) is 9.78 Å². The molecule has 1 aliphatic rings. The first-order chi connectivity index (χ1) is 6.35. The van der Waals surface area contributed by atoms with Gasteiger partial charge in [-0.3, -0.25) is 0 Å². The minimum absolute atomic E-state index is 0.106. The second-order valence-electron chi connectivity index (χ2n) is 3.38. The Morgan fingerprint density at radius 1 is 1.69 bits per heavy atom. The highest BCUT2D eigenvalue weighted by atomic mass is 16.5. The molecule has 0 radical (unpaired) electrons. The Hall–Kier alpha value is -1.37. The summed E-state index contributed by atoms with van der Waals surface area (Å²) in [6.07, 6.45) is 2.75. The van der Waals surface area contributed by atoms with Crippen molar-refractivity contribution in [3.05, 3.63) is 11.7 Å². The Morgan fingerprint density at radius 3 is 3.15 bits per heavy atom. The molecule has 0 aromatic carbocycles. The molecule has 0 amide bonds. The van der Waals surface area contributed by atoms with Gasteiger partial charge in [-0.15, -0.1) is 0 Å². The first-order valence-electron chi connectivity index (χ1n) is 4.57. The summed E-state index contributed by atoms with van der Waals surface area (Å²) in [7, 11) is 0. The number of nitrogens with zero attached hydrogens (tertiary/aromatic N) is 3. The third-order valence-corrected chi connectivity index (χ3v) is 2.23. The van der Waals surface area contributed by atoms with Crippen LogP contribution in [0, 0.1) is 17.2 Å². The molecule has 1 heterocycles. The topological polar surface area (TPSA) is 62.7 Å². The second kappa shape index (κ2) is 3.17. The van der Waals surface area contributed by atoms with Crippen LogP contribution in [0.1, 0.15) is 37.4 Å². The molecule has 2 atom stereocenters. The highest BCUT2D eigenvalue weighted by molar-refractivity contribution is 5.15. The minimum atomic E-state index is 0.106. The first-order valence-corrected chi connectivity index (χ1v) is 4.57. The van der Waals surface area contributed by atoms with E-state index in [1.165, 1.54) is 0 Å². The average molecular weight is 177 g/mol. The summed E-state index contributed by atoms with van der Waals surface area (Å²) in [4.78, 5) is 4.23. The van der Waals surface area contributed by atoms with E-state index in [0.717, 1.165) is 25.1 Å². The molecule has 1 aliphatic carbocycles. The van der Waals surface area contributed by atoms with Crippen molar-refractivity contribution in [3.63, 3.8) is 0 Å². The van der Waals surface area contributed by atoms with Crippen LogP contribution >= 0.6 is 0 Å². The van der Waals surface area contributed by atoms with Crippen LogP contribution in [0.2, 0.25) is 0 Å². The van der Waals surface area contributed by atoms with Gasteiger partial charge in [-0.25, -0.2) is 0 Å². The van der Waals surface area contributed by atoms with Gasteiger partial charge in [-0.2, -0.15) is 10.2 Å². The van der Waals surface area contributed by atoms with Crippen molar-refractivity contribution in [2.75, 3.05) is 0 Å². The van der Waals surface area contributed by atoms with E-state index in [-0.39, 0.29) is 11.8 Å². The maximum absolute atomic E-state index is 8.61. The molecule has 1 aromatic heterocycles. The molecule has 2 rings (SSSR count). The van der Waals surface area contributed by atoms with Gasteiger partial charge in [0.2, 0.25) is 5.89 Å². The molecule has 4 nitrogen and oxygen atoms in total. The quantitative estimate of drug-likeness (QED) is 0.704. The summed E-state index contributed by atoms with van der Waals surface area (Å²) in [6.45, 7) is 2.07. The molecule has 0 spiro atoms. The van der Waals surface area contributed by atoms with Crippen molar-refractivity contribution < 1.29 is 4.52 Å². The molecule has 68 valence electrons. The highest BCUT2D eigenvalue weighted by Gasteiger charge is 2.43. The summed E-state index contributed by atoms with van der Waals surface area (Å²) in [5, 5.41) is 12.4. The number of aromatic nitrogens is 2. The van der Waals surface area contributed by atoms with Crippen LogP contribution in [0.15, 0.2) is 4.52 Å². The number of aryl methyl sites for hydroxylation is 1. The lowest BCUT2D eigenvalue weighted by atomic mass is 10.3. The standard InChI is InChI=1S/C9H11N3O/c1-2-3-8-11-9(13-12-8)7-4-6(7)5-10/h6-7H,2-4H2,1H3. The van der Waals surface area contributed by atoms with Crippen molar-refractivity contribution in [1.29, 1.82) is 5.26 Å². The minimum Gasteiger partial charge on any atom is -0.339 e. The molecule has 4 heteroatoms. The summed E-state index contributed by atoms with van der Waals surface area (Å²) in [5.74, 6) is 1.73. The number of nitriles is 1. The Balaban J connectivity index is 2.03. The summed E-state index contributed by atoms with van der Waals surface area (Å²) < 4.78 is 5.06. The summed E-state index contributed by atoms with van der Waals surface area (Å²) in [6, 6.07) is 2.20. The number of hydrogen-bond donors (Lipinski definition) is 0. The van der Waals surface area contributed by atoms with E-state index in [2.05, 4.69) is 23.1 Å². The van der Waals surface area contributed by atoms with Crippen LogP contribution < -0.4 is 0 Å². The Kier molecular flexibility index (Phi) is 2.01. The Morgan fingerprint density at radius 2 is 2.54 bits per heavy atom. The average Bonchev–Trinajstić information content (AvgIpc) is 2.80. The number of rotatable bonds is 3. The van der Waals surface area contributed by atoms with Crippen LogP contribution in [-0.4, -0.2) is 10.1 Å². The lowest BCUT2D eigenvalue weighted by molar-refractivity contribution is 0.372. The molecule has 0 N–H and O–H groups in total. The van der Waals surface area contributed by atoms with Crippen LogP contribution in [0.25, 0.3) is 0 Å². The smallest absolute Gasteiger partial charge is 0.231 e. The van der Waals surface area contributed by atoms with E-state index in [9.17, 15) is 0 Å². The zero-order chi connectivity index (χ0) is 9.26. The molecule has 0 aliphatic heterocycles. The van der Waals surface area contributed by atoms with Gasteiger partial charge in [0.15, 0.2) is 5.82 Å². The Bertz CT molecular complexity index is 339. The predicted octanol–water partition coefficient (Wildman–Crippen LogP) is 1.65. The molecule has 0 bridgehead atoms. The van der Waals surface area contributed by atoms with E-state index < -0.39 is 0 Å². The fourth-order valence-corrected chi connectivity index (χ4v) is 1.35. The zero-order valence-electron chi connectivity index (χ0n) is 7.53. The lowest BCUT2D eigenvalue weighted by Gasteiger charge is -1.84. The van der Waals surface area contributed by atoms with Crippen molar-refractivity contribution in [3.8, 4) is 6.07 Å². The fraction of sp³-hybridized carbons (Fsp3) is 0.667. The molecule has 1 saturated carbocycles. The molecule has 2 unspecified atom stereocenters. The van der Waals surface area contributed by atoms with Gasteiger partial charge in [0.25, 0.3) is 0 Å². The monoisotopic (exact) mass is 177 g/mol.